The van der Waals surface area contributed by atoms with Gasteiger partial charge in [0.1, 0.15) is 0 Å². The fraction of sp³-hybridized carbons (Fsp3) is 0.800. The van der Waals surface area contributed by atoms with E-state index in [1.165, 1.54) is 7.11 Å². The second kappa shape index (κ2) is 4.29. The van der Waals surface area contributed by atoms with Gasteiger partial charge in [-0.25, -0.2) is 0 Å². The molecule has 0 aliphatic rings. The van der Waals surface area contributed by atoms with E-state index in [2.05, 4.69) is 4.74 Å². The van der Waals surface area contributed by atoms with Crippen LogP contribution in [0.4, 0.5) is 0 Å². The van der Waals surface area contributed by atoms with Crippen LogP contribution in [0.2, 0.25) is 0 Å². The van der Waals surface area contributed by atoms with E-state index in [1.807, 2.05) is 0 Å². The summed E-state index contributed by atoms with van der Waals surface area (Å²) in [5.74, 6) is -0.428. The van der Waals surface area contributed by atoms with E-state index >= 15 is 0 Å². The van der Waals surface area contributed by atoms with Crippen molar-refractivity contribution >= 4 is 5.97 Å². The Labute approximate surface area is 53.1 Å². The molecule has 0 unspecified atom stereocenters. The Hall–Kier alpha value is -0.610. The Morgan fingerprint density at radius 3 is 2.56 bits per heavy atom. The summed E-state index contributed by atoms with van der Waals surface area (Å²) in [6.45, 7) is 0. The molecule has 0 aliphatic carbocycles. The minimum Gasteiger partial charge on any atom is -0.469 e. The van der Waals surface area contributed by atoms with E-state index in [0.717, 1.165) is 0 Å². The molecule has 54 valence electrons. The summed E-state index contributed by atoms with van der Waals surface area (Å²) in [4.78, 5) is 10.3. The number of rotatable bonds is 3. The Kier molecular flexibility index (Phi) is 4.00. The molecule has 0 saturated carbocycles. The zero-order valence-corrected chi connectivity index (χ0v) is 5.20. The topological polar surface area (TPSA) is 66.8 Å². The predicted octanol–water partition coefficient (Wildman–Crippen LogP) is -0.750. The van der Waals surface area contributed by atoms with E-state index in [1.54, 1.807) is 0 Å². The van der Waals surface area contributed by atoms with Crippen molar-refractivity contribution < 1.29 is 19.7 Å². The minimum absolute atomic E-state index is 0.0344. The number of carbonyl (C=O) groups is 1. The van der Waals surface area contributed by atoms with Crippen LogP contribution in [0.1, 0.15) is 12.8 Å². The van der Waals surface area contributed by atoms with Crippen LogP contribution in [-0.4, -0.2) is 29.6 Å². The lowest BCUT2D eigenvalue weighted by Gasteiger charge is -1.99. The van der Waals surface area contributed by atoms with Gasteiger partial charge in [-0.15, -0.1) is 0 Å². The SMILES string of the molecule is COC(=O)CCC(O)O. The van der Waals surface area contributed by atoms with Gasteiger partial charge in [0, 0.05) is 6.42 Å². The first-order valence-corrected chi connectivity index (χ1v) is 2.59. The molecular formula is C5H10O4. The van der Waals surface area contributed by atoms with Crippen molar-refractivity contribution in [3.8, 4) is 0 Å². The summed E-state index contributed by atoms with van der Waals surface area (Å²) in [6, 6.07) is 0. The van der Waals surface area contributed by atoms with Crippen LogP contribution in [0.25, 0.3) is 0 Å². The van der Waals surface area contributed by atoms with E-state index < -0.39 is 12.3 Å². The third-order valence-electron chi connectivity index (χ3n) is 0.834. The molecule has 0 saturated heterocycles. The van der Waals surface area contributed by atoms with Crippen LogP contribution in [0, 0.1) is 0 Å². The third-order valence-corrected chi connectivity index (χ3v) is 0.834. The molecule has 0 spiro atoms. The molecule has 0 rings (SSSR count). The van der Waals surface area contributed by atoms with Crippen LogP contribution in [0.5, 0.6) is 0 Å². The smallest absolute Gasteiger partial charge is 0.305 e. The monoisotopic (exact) mass is 134 g/mol. The Balaban J connectivity index is 3.17. The molecule has 0 aromatic rings. The van der Waals surface area contributed by atoms with E-state index in [-0.39, 0.29) is 12.8 Å². The van der Waals surface area contributed by atoms with Gasteiger partial charge in [-0.1, -0.05) is 0 Å². The average Bonchev–Trinajstić information content (AvgIpc) is 1.83. The summed E-state index contributed by atoms with van der Waals surface area (Å²) in [5, 5.41) is 16.5. The molecule has 0 amide bonds. The number of esters is 1. The maximum absolute atomic E-state index is 10.3. The van der Waals surface area contributed by atoms with Crippen molar-refractivity contribution in [2.24, 2.45) is 0 Å². The van der Waals surface area contributed by atoms with E-state index in [9.17, 15) is 4.79 Å². The highest BCUT2D eigenvalue weighted by Gasteiger charge is 2.02. The molecule has 4 heteroatoms. The zero-order chi connectivity index (χ0) is 7.28. The normalized spacial score (nSPS) is 9.78. The molecule has 4 nitrogen and oxygen atoms in total. The fourth-order valence-electron chi connectivity index (χ4n) is 0.349. The molecular weight excluding hydrogens is 124 g/mol. The second-order valence-electron chi connectivity index (χ2n) is 1.60. The molecule has 0 aromatic carbocycles. The Bertz CT molecular complexity index is 89.0. The molecule has 0 radical (unpaired) electrons. The number of aliphatic hydroxyl groups is 2. The summed E-state index contributed by atoms with van der Waals surface area (Å²) in [6.07, 6.45) is -1.33. The largest absolute Gasteiger partial charge is 0.469 e. The third kappa shape index (κ3) is 5.26. The summed E-state index contributed by atoms with van der Waals surface area (Å²) in [5.41, 5.74) is 0. The van der Waals surface area contributed by atoms with Crippen molar-refractivity contribution in [2.45, 2.75) is 19.1 Å². The van der Waals surface area contributed by atoms with Gasteiger partial charge in [0.15, 0.2) is 6.29 Å². The first-order chi connectivity index (χ1) is 4.16. The van der Waals surface area contributed by atoms with Crippen LogP contribution in [-0.2, 0) is 9.53 Å². The van der Waals surface area contributed by atoms with Crippen LogP contribution >= 0.6 is 0 Å². The van der Waals surface area contributed by atoms with Crippen LogP contribution in [0.15, 0.2) is 0 Å². The second-order valence-corrected chi connectivity index (χ2v) is 1.60. The standard InChI is InChI=1S/C5H10O4/c1-9-5(8)3-2-4(6)7/h4,6-7H,2-3H2,1H3. The van der Waals surface area contributed by atoms with Gasteiger partial charge in [0.25, 0.3) is 0 Å². The molecule has 9 heavy (non-hydrogen) atoms. The van der Waals surface area contributed by atoms with Gasteiger partial charge in [-0.3, -0.25) is 4.79 Å². The van der Waals surface area contributed by atoms with Crippen molar-refractivity contribution in [1.82, 2.24) is 0 Å². The fourth-order valence-corrected chi connectivity index (χ4v) is 0.349. The number of hydrogen-bond acceptors (Lipinski definition) is 4. The summed E-state index contributed by atoms with van der Waals surface area (Å²) >= 11 is 0. The predicted molar refractivity (Wildman–Crippen MR) is 29.5 cm³/mol. The maximum Gasteiger partial charge on any atom is 0.305 e. The number of aliphatic hydroxyl groups excluding tert-OH is 1. The maximum atomic E-state index is 10.3. The summed E-state index contributed by atoms with van der Waals surface area (Å²) < 4.78 is 4.24. The lowest BCUT2D eigenvalue weighted by molar-refractivity contribution is -0.143. The molecule has 2 N–H and O–H groups in total. The highest BCUT2D eigenvalue weighted by molar-refractivity contribution is 5.69. The molecule has 0 bridgehead atoms. The van der Waals surface area contributed by atoms with Crippen LogP contribution in [0.3, 0.4) is 0 Å². The highest BCUT2D eigenvalue weighted by atomic mass is 16.5. The van der Waals surface area contributed by atoms with Gasteiger partial charge < -0.3 is 14.9 Å². The van der Waals surface area contributed by atoms with Crippen LogP contribution < -0.4 is 0 Å². The number of ether oxygens (including phenoxy) is 1. The number of hydrogen-bond donors (Lipinski definition) is 2. The average molecular weight is 134 g/mol. The molecule has 0 aromatic heterocycles. The Morgan fingerprint density at radius 1 is 1.67 bits per heavy atom. The van der Waals surface area contributed by atoms with Gasteiger partial charge in [-0.05, 0) is 0 Å². The Morgan fingerprint density at radius 2 is 2.22 bits per heavy atom. The van der Waals surface area contributed by atoms with Crippen molar-refractivity contribution in [1.29, 1.82) is 0 Å². The van der Waals surface area contributed by atoms with Crippen molar-refractivity contribution in [2.75, 3.05) is 7.11 Å². The van der Waals surface area contributed by atoms with Crippen molar-refractivity contribution in [3.63, 3.8) is 0 Å². The van der Waals surface area contributed by atoms with E-state index in [0.29, 0.717) is 0 Å². The minimum atomic E-state index is -1.41. The lowest BCUT2D eigenvalue weighted by atomic mass is 10.3. The molecule has 0 aliphatic heterocycles. The van der Waals surface area contributed by atoms with E-state index in [4.69, 9.17) is 10.2 Å². The first-order valence-electron chi connectivity index (χ1n) is 2.59. The number of carbonyl (C=O) groups excluding carboxylic acids is 1. The zero-order valence-electron chi connectivity index (χ0n) is 5.20. The lowest BCUT2D eigenvalue weighted by Crippen LogP contribution is -2.08. The number of methoxy groups -OCH3 is 1. The molecule has 0 fully saturated rings. The molecule has 0 heterocycles. The van der Waals surface area contributed by atoms with Crippen molar-refractivity contribution in [3.05, 3.63) is 0 Å². The van der Waals surface area contributed by atoms with Gasteiger partial charge in [0.05, 0.1) is 13.5 Å². The quantitative estimate of drug-likeness (QED) is 0.393. The van der Waals surface area contributed by atoms with Gasteiger partial charge in [0.2, 0.25) is 0 Å². The molecule has 0 atom stereocenters. The van der Waals surface area contributed by atoms with Gasteiger partial charge >= 0.3 is 5.97 Å². The highest BCUT2D eigenvalue weighted by Crippen LogP contribution is 1.93. The van der Waals surface area contributed by atoms with Gasteiger partial charge in [-0.2, -0.15) is 0 Å². The first kappa shape index (κ1) is 8.39. The summed E-state index contributed by atoms with van der Waals surface area (Å²) in [7, 11) is 1.26.